The molecule has 1 unspecified atom stereocenters. The summed E-state index contributed by atoms with van der Waals surface area (Å²) >= 11 is 1.76. The van der Waals surface area contributed by atoms with E-state index in [4.69, 9.17) is 5.41 Å². The van der Waals surface area contributed by atoms with E-state index in [9.17, 15) is 0 Å². The minimum absolute atomic E-state index is 0.288. The van der Waals surface area contributed by atoms with Crippen molar-refractivity contribution in [3.63, 3.8) is 0 Å². The average molecular weight is 675 g/mol. The molecule has 1 atom stereocenters. The first-order valence-electron chi connectivity index (χ1n) is 17.5. The van der Waals surface area contributed by atoms with Crippen molar-refractivity contribution in [2.24, 2.45) is 0 Å². The normalized spacial score (nSPS) is 14.4. The Morgan fingerprint density at radius 1 is 0.706 bits per heavy atom. The van der Waals surface area contributed by atoms with Crippen molar-refractivity contribution in [1.82, 2.24) is 14.5 Å². The van der Waals surface area contributed by atoms with Crippen LogP contribution >= 0.6 is 11.3 Å². The number of para-hydroxylation sites is 3. The third kappa shape index (κ3) is 4.84. The molecular formula is C46H34N4S. The van der Waals surface area contributed by atoms with Crippen LogP contribution in [0.1, 0.15) is 23.5 Å². The van der Waals surface area contributed by atoms with Crippen LogP contribution in [0, 0.1) is 5.41 Å². The molecule has 6 aromatic carbocycles. The van der Waals surface area contributed by atoms with Crippen LogP contribution < -0.4 is 15.9 Å². The second-order valence-electron chi connectivity index (χ2n) is 13.3. The van der Waals surface area contributed by atoms with E-state index in [0.29, 0.717) is 12.4 Å². The maximum absolute atomic E-state index is 8.92. The molecule has 3 heterocycles. The molecule has 0 aliphatic heterocycles. The van der Waals surface area contributed by atoms with Crippen LogP contribution in [0.2, 0.25) is 0 Å². The van der Waals surface area contributed by atoms with Crippen LogP contribution in [0.4, 0.5) is 0 Å². The predicted molar refractivity (Wildman–Crippen MR) is 217 cm³/mol. The van der Waals surface area contributed by atoms with Gasteiger partial charge in [-0.05, 0) is 66.7 Å². The van der Waals surface area contributed by atoms with Crippen molar-refractivity contribution in [3.8, 4) is 5.69 Å². The summed E-state index contributed by atoms with van der Waals surface area (Å²) in [6.45, 7) is 0.603. The largest absolute Gasteiger partial charge is 0.373 e. The zero-order valence-electron chi connectivity index (χ0n) is 27.9. The van der Waals surface area contributed by atoms with Crippen molar-refractivity contribution in [2.75, 3.05) is 0 Å². The molecule has 0 amide bonds. The molecule has 9 aromatic rings. The molecule has 0 bridgehead atoms. The SMILES string of the molecule is N=C(/C=C\NCn1c2ccccc2c2cc(C3C=c4c(n(-c5ccccc5)c5ccccc45)=CC3)ccc21)c1cccc2c1sc1ccccc12. The van der Waals surface area contributed by atoms with Crippen molar-refractivity contribution in [1.29, 1.82) is 5.41 Å². The second-order valence-corrected chi connectivity index (χ2v) is 14.4. The highest BCUT2D eigenvalue weighted by atomic mass is 32.1. The summed E-state index contributed by atoms with van der Waals surface area (Å²) in [6.07, 6.45) is 9.66. The lowest BCUT2D eigenvalue weighted by Crippen LogP contribution is -2.31. The number of thiophene rings is 1. The summed E-state index contributed by atoms with van der Waals surface area (Å²) in [5, 5.41) is 21.3. The summed E-state index contributed by atoms with van der Waals surface area (Å²) < 4.78 is 7.17. The maximum atomic E-state index is 8.92. The summed E-state index contributed by atoms with van der Waals surface area (Å²) in [6, 6.07) is 49.9. The van der Waals surface area contributed by atoms with Crippen molar-refractivity contribution < 1.29 is 0 Å². The Balaban J connectivity index is 0.965. The van der Waals surface area contributed by atoms with Gasteiger partial charge in [-0.3, -0.25) is 0 Å². The van der Waals surface area contributed by atoms with E-state index in [0.717, 1.165) is 16.7 Å². The van der Waals surface area contributed by atoms with Gasteiger partial charge in [-0.2, -0.15) is 0 Å². The first-order valence-corrected chi connectivity index (χ1v) is 18.3. The van der Waals surface area contributed by atoms with Gasteiger partial charge in [0.2, 0.25) is 0 Å². The van der Waals surface area contributed by atoms with Crippen molar-refractivity contribution in [2.45, 2.75) is 19.0 Å². The zero-order valence-corrected chi connectivity index (χ0v) is 28.7. The van der Waals surface area contributed by atoms with Crippen LogP contribution in [0.3, 0.4) is 0 Å². The van der Waals surface area contributed by atoms with E-state index in [-0.39, 0.29) is 5.92 Å². The van der Waals surface area contributed by atoms with Gasteiger partial charge in [-0.25, -0.2) is 0 Å². The van der Waals surface area contributed by atoms with E-state index in [2.05, 4.69) is 166 Å². The fraction of sp³-hybridized carbons (Fsp3) is 0.0652. The van der Waals surface area contributed by atoms with E-state index >= 15 is 0 Å². The van der Waals surface area contributed by atoms with Gasteiger partial charge >= 0.3 is 0 Å². The van der Waals surface area contributed by atoms with Crippen LogP contribution in [-0.4, -0.2) is 14.8 Å². The standard InChI is InChI=1S/C46H34N4S/c47-40(37-17-10-16-36-35-15-6-9-20-45(35)51-46(36)37)25-26-48-29-49-41-18-7-4-13-33(41)38-27-30(21-23-42(38)49)31-22-24-44-39(28-31)34-14-5-8-19-43(34)50(44)32-11-2-1-3-12-32/h1-21,23-28,31,47-48H,22,29H2/b26-25-,47-40?. The highest BCUT2D eigenvalue weighted by Gasteiger charge is 2.19. The lowest BCUT2D eigenvalue weighted by molar-refractivity contribution is 0.684. The molecule has 4 nitrogen and oxygen atoms in total. The Morgan fingerprint density at radius 2 is 1.43 bits per heavy atom. The molecule has 244 valence electrons. The predicted octanol–water partition coefficient (Wildman–Crippen LogP) is 9.98. The van der Waals surface area contributed by atoms with Gasteiger partial charge in [0.1, 0.15) is 0 Å². The van der Waals surface area contributed by atoms with Crippen LogP contribution in [0.25, 0.3) is 70.7 Å². The number of rotatable bonds is 7. The number of nitrogens with zero attached hydrogens (tertiary/aromatic N) is 2. The molecule has 5 heteroatoms. The molecular weight excluding hydrogens is 641 g/mol. The zero-order chi connectivity index (χ0) is 33.9. The van der Waals surface area contributed by atoms with Gasteiger partial charge < -0.3 is 19.9 Å². The fourth-order valence-electron chi connectivity index (χ4n) is 8.06. The van der Waals surface area contributed by atoms with E-state index < -0.39 is 0 Å². The quantitative estimate of drug-likeness (QED) is 0.163. The highest BCUT2D eigenvalue weighted by Crippen LogP contribution is 2.36. The average Bonchev–Trinajstić information content (AvgIpc) is 3.84. The first-order chi connectivity index (χ1) is 25.2. The molecule has 0 radical (unpaired) electrons. The first kappa shape index (κ1) is 29.7. The summed E-state index contributed by atoms with van der Waals surface area (Å²) in [5.74, 6) is 0.288. The maximum Gasteiger partial charge on any atom is 0.0921 e. The third-order valence-electron chi connectivity index (χ3n) is 10.4. The number of fused-ring (bicyclic) bond motifs is 9. The Labute approximate surface area is 299 Å². The number of hydrogen-bond donors (Lipinski definition) is 2. The van der Waals surface area contributed by atoms with Gasteiger partial charge in [0.25, 0.3) is 0 Å². The van der Waals surface area contributed by atoms with E-state index in [1.807, 2.05) is 12.3 Å². The summed E-state index contributed by atoms with van der Waals surface area (Å²) in [5.41, 5.74) is 7.64. The van der Waals surface area contributed by atoms with Crippen LogP contribution in [0.15, 0.2) is 152 Å². The minimum Gasteiger partial charge on any atom is -0.373 e. The Bertz CT molecular complexity index is 2980. The third-order valence-corrected chi connectivity index (χ3v) is 11.7. The summed E-state index contributed by atoms with van der Waals surface area (Å²) in [7, 11) is 0. The number of hydrogen-bond acceptors (Lipinski definition) is 3. The number of nitrogens with one attached hydrogen (secondary N) is 2. The monoisotopic (exact) mass is 674 g/mol. The minimum atomic E-state index is 0.288. The van der Waals surface area contributed by atoms with Gasteiger partial charge in [-0.1, -0.05) is 109 Å². The van der Waals surface area contributed by atoms with Crippen molar-refractivity contribution in [3.05, 3.63) is 173 Å². The molecule has 0 fully saturated rings. The van der Waals surface area contributed by atoms with Gasteiger partial charge in [0.05, 0.1) is 28.9 Å². The molecule has 10 rings (SSSR count). The molecule has 0 saturated carbocycles. The fourth-order valence-corrected chi connectivity index (χ4v) is 9.29. The van der Waals surface area contributed by atoms with Gasteiger partial charge in [-0.15, -0.1) is 11.3 Å². The molecule has 51 heavy (non-hydrogen) atoms. The lowest BCUT2D eigenvalue weighted by atomic mass is 9.90. The molecule has 0 saturated heterocycles. The molecule has 1 aliphatic carbocycles. The second kappa shape index (κ2) is 12.0. The topological polar surface area (TPSA) is 45.7 Å². The Morgan fingerprint density at radius 3 is 2.31 bits per heavy atom. The van der Waals surface area contributed by atoms with E-state index in [1.54, 1.807) is 11.3 Å². The Hall–Kier alpha value is -6.17. The molecule has 3 aromatic heterocycles. The smallest absolute Gasteiger partial charge is 0.0921 e. The van der Waals surface area contributed by atoms with Crippen LogP contribution in [-0.2, 0) is 6.67 Å². The highest BCUT2D eigenvalue weighted by molar-refractivity contribution is 7.26. The molecule has 0 spiro atoms. The van der Waals surface area contributed by atoms with Gasteiger partial charge in [0.15, 0.2) is 0 Å². The summed E-state index contributed by atoms with van der Waals surface area (Å²) in [4.78, 5) is 0. The van der Waals surface area contributed by atoms with Crippen LogP contribution in [0.5, 0.6) is 0 Å². The number of aromatic nitrogens is 2. The molecule has 1 aliphatic rings. The van der Waals surface area contributed by atoms with Gasteiger partial charge in [0, 0.05) is 64.1 Å². The lowest BCUT2D eigenvalue weighted by Gasteiger charge is -2.15. The Kier molecular flexibility index (Phi) is 7.00. The van der Waals surface area contributed by atoms with E-state index in [1.165, 1.54) is 70.0 Å². The van der Waals surface area contributed by atoms with Crippen molar-refractivity contribution >= 4 is 82.1 Å². The number of allylic oxidation sites excluding steroid dienone is 1. The molecule has 2 N–H and O–H groups in total. The number of benzene rings is 6.